The lowest BCUT2D eigenvalue weighted by atomic mass is 9.97. The standard InChI is InChI=1S/C24H30N4O5S/c1-17(29)19-6-8-21(9-7-19)34(32,33)26-20-13-22(24(30)31)23(25-14-20)28-12-4-5-18(16-28)15-27-10-2-3-11-27/h6-9,13-14,18,26H,2-5,10-12,15-16H2,1H3,(H,30,31)/t18-/m0/s1. The minimum atomic E-state index is -3.97. The van der Waals surface area contributed by atoms with Crippen LogP contribution in [0.5, 0.6) is 0 Å². The minimum Gasteiger partial charge on any atom is -0.478 e. The quantitative estimate of drug-likeness (QED) is 0.546. The first-order valence-corrected chi connectivity index (χ1v) is 13.1. The Morgan fingerprint density at radius 3 is 2.47 bits per heavy atom. The summed E-state index contributed by atoms with van der Waals surface area (Å²) in [4.78, 5) is 32.3. The van der Waals surface area contributed by atoms with Crippen LogP contribution in [0.4, 0.5) is 11.5 Å². The van der Waals surface area contributed by atoms with Crippen LogP contribution in [-0.2, 0) is 10.0 Å². The lowest BCUT2D eigenvalue weighted by Crippen LogP contribution is -2.41. The maximum absolute atomic E-state index is 12.8. The molecule has 2 aromatic rings. The second-order valence-electron chi connectivity index (χ2n) is 9.05. The van der Waals surface area contributed by atoms with Gasteiger partial charge in [0, 0.05) is 25.2 Å². The number of hydrogen-bond acceptors (Lipinski definition) is 7. The molecule has 3 heterocycles. The van der Waals surface area contributed by atoms with E-state index < -0.39 is 16.0 Å². The number of aromatic nitrogens is 1. The molecular weight excluding hydrogens is 456 g/mol. The zero-order chi connectivity index (χ0) is 24.3. The molecule has 0 amide bonds. The molecule has 2 fully saturated rings. The number of sulfonamides is 1. The van der Waals surface area contributed by atoms with Crippen molar-refractivity contribution in [2.24, 2.45) is 5.92 Å². The normalized spacial score (nSPS) is 19.2. The first-order valence-electron chi connectivity index (χ1n) is 11.6. The topological polar surface area (TPSA) is 120 Å². The molecule has 182 valence electrons. The number of likely N-dealkylation sites (tertiary alicyclic amines) is 1. The molecular formula is C24H30N4O5S. The SMILES string of the molecule is CC(=O)c1ccc(S(=O)(=O)Nc2cnc(N3CCC[C@@H](CN4CCCC4)C3)c(C(=O)O)c2)cc1. The number of nitrogens with zero attached hydrogens (tertiary/aromatic N) is 3. The highest BCUT2D eigenvalue weighted by Gasteiger charge is 2.27. The van der Waals surface area contributed by atoms with Gasteiger partial charge >= 0.3 is 5.97 Å². The number of carbonyl (C=O) groups excluding carboxylic acids is 1. The number of carboxylic acid groups (broad SMARTS) is 1. The number of ketones is 1. The van der Waals surface area contributed by atoms with E-state index >= 15 is 0 Å². The van der Waals surface area contributed by atoms with Crippen LogP contribution < -0.4 is 9.62 Å². The molecule has 2 N–H and O–H groups in total. The molecule has 34 heavy (non-hydrogen) atoms. The number of benzene rings is 1. The Morgan fingerprint density at radius 1 is 1.12 bits per heavy atom. The van der Waals surface area contributed by atoms with Crippen LogP contribution >= 0.6 is 0 Å². The molecule has 0 spiro atoms. The van der Waals surface area contributed by atoms with Crippen LogP contribution in [0.1, 0.15) is 53.3 Å². The van der Waals surface area contributed by atoms with Crippen molar-refractivity contribution < 1.29 is 23.1 Å². The van der Waals surface area contributed by atoms with E-state index in [0.717, 1.165) is 45.6 Å². The van der Waals surface area contributed by atoms with Crippen molar-refractivity contribution in [1.29, 1.82) is 0 Å². The number of carboxylic acids is 1. The predicted molar refractivity (Wildman–Crippen MR) is 129 cm³/mol. The van der Waals surface area contributed by atoms with Crippen LogP contribution in [0, 0.1) is 5.92 Å². The molecule has 10 heteroatoms. The van der Waals surface area contributed by atoms with E-state index in [4.69, 9.17) is 0 Å². The van der Waals surface area contributed by atoms with Gasteiger partial charge in [-0.3, -0.25) is 9.52 Å². The van der Waals surface area contributed by atoms with Crippen LogP contribution in [-0.4, -0.2) is 67.9 Å². The van der Waals surface area contributed by atoms with Crippen molar-refractivity contribution in [3.8, 4) is 0 Å². The molecule has 1 aromatic heterocycles. The summed E-state index contributed by atoms with van der Waals surface area (Å²) in [6, 6.07) is 6.88. The minimum absolute atomic E-state index is 0.0285. The number of nitrogens with one attached hydrogen (secondary N) is 1. The zero-order valence-electron chi connectivity index (χ0n) is 19.2. The van der Waals surface area contributed by atoms with Gasteiger partial charge in [0.25, 0.3) is 10.0 Å². The fourth-order valence-corrected chi connectivity index (χ4v) is 5.78. The lowest BCUT2D eigenvalue weighted by molar-refractivity contribution is 0.0696. The number of pyridine rings is 1. The summed E-state index contributed by atoms with van der Waals surface area (Å²) in [5.74, 6) is -0.502. The first kappa shape index (κ1) is 24.2. The molecule has 0 saturated carbocycles. The second kappa shape index (κ2) is 10.1. The molecule has 0 aliphatic carbocycles. The van der Waals surface area contributed by atoms with E-state index in [1.807, 2.05) is 4.90 Å². The summed E-state index contributed by atoms with van der Waals surface area (Å²) in [7, 11) is -3.97. The van der Waals surface area contributed by atoms with Gasteiger partial charge in [-0.2, -0.15) is 0 Å². The van der Waals surface area contributed by atoms with Gasteiger partial charge in [0.2, 0.25) is 0 Å². The molecule has 0 bridgehead atoms. The summed E-state index contributed by atoms with van der Waals surface area (Å²) in [5, 5.41) is 9.83. The van der Waals surface area contributed by atoms with Gasteiger partial charge < -0.3 is 14.9 Å². The van der Waals surface area contributed by atoms with E-state index in [9.17, 15) is 23.1 Å². The van der Waals surface area contributed by atoms with Crippen molar-refractivity contribution >= 4 is 33.3 Å². The van der Waals surface area contributed by atoms with Gasteiger partial charge in [0.15, 0.2) is 5.78 Å². The van der Waals surface area contributed by atoms with E-state index in [1.54, 1.807) is 0 Å². The highest BCUT2D eigenvalue weighted by Crippen LogP contribution is 2.28. The van der Waals surface area contributed by atoms with Crippen LogP contribution in [0.2, 0.25) is 0 Å². The van der Waals surface area contributed by atoms with Crippen LogP contribution in [0.15, 0.2) is 41.4 Å². The number of piperidine rings is 1. The summed E-state index contributed by atoms with van der Waals surface area (Å²) in [5.41, 5.74) is 0.444. The lowest BCUT2D eigenvalue weighted by Gasteiger charge is -2.36. The average Bonchev–Trinajstić information content (AvgIpc) is 3.32. The molecule has 9 nitrogen and oxygen atoms in total. The maximum Gasteiger partial charge on any atom is 0.339 e. The van der Waals surface area contributed by atoms with E-state index in [1.165, 1.54) is 56.3 Å². The first-order chi connectivity index (χ1) is 16.2. The fourth-order valence-electron chi connectivity index (χ4n) is 4.74. The number of aromatic carboxylic acids is 1. The number of carbonyl (C=O) groups is 2. The van der Waals surface area contributed by atoms with E-state index in [-0.39, 0.29) is 21.9 Å². The van der Waals surface area contributed by atoms with Gasteiger partial charge in [-0.1, -0.05) is 12.1 Å². The molecule has 0 radical (unpaired) electrons. The van der Waals surface area contributed by atoms with E-state index in [0.29, 0.717) is 17.3 Å². The van der Waals surface area contributed by atoms with Crippen molar-refractivity contribution in [2.75, 3.05) is 42.3 Å². The van der Waals surface area contributed by atoms with Gasteiger partial charge in [0.05, 0.1) is 16.8 Å². The summed E-state index contributed by atoms with van der Waals surface area (Å²) < 4.78 is 27.9. The molecule has 1 aromatic carbocycles. The number of hydrogen-bond donors (Lipinski definition) is 2. The Balaban J connectivity index is 1.52. The summed E-state index contributed by atoms with van der Waals surface area (Å²) in [6.07, 6.45) is 5.89. The highest BCUT2D eigenvalue weighted by atomic mass is 32.2. The molecule has 1 atom stereocenters. The molecule has 2 saturated heterocycles. The highest BCUT2D eigenvalue weighted by molar-refractivity contribution is 7.92. The number of anilines is 2. The van der Waals surface area contributed by atoms with Crippen LogP contribution in [0.3, 0.4) is 0 Å². The molecule has 0 unspecified atom stereocenters. The fraction of sp³-hybridized carbons (Fsp3) is 0.458. The zero-order valence-corrected chi connectivity index (χ0v) is 20.1. The van der Waals surface area contributed by atoms with Crippen LogP contribution in [0.25, 0.3) is 0 Å². The Labute approximate surface area is 199 Å². The second-order valence-corrected chi connectivity index (χ2v) is 10.7. The Bertz CT molecular complexity index is 1160. The third-order valence-corrected chi connectivity index (χ3v) is 7.85. The Morgan fingerprint density at radius 2 is 1.82 bits per heavy atom. The largest absolute Gasteiger partial charge is 0.478 e. The van der Waals surface area contributed by atoms with Gasteiger partial charge in [-0.05, 0) is 69.8 Å². The van der Waals surface area contributed by atoms with Gasteiger partial charge in [0.1, 0.15) is 11.4 Å². The van der Waals surface area contributed by atoms with Gasteiger partial charge in [-0.15, -0.1) is 0 Å². The summed E-state index contributed by atoms with van der Waals surface area (Å²) >= 11 is 0. The average molecular weight is 487 g/mol. The number of rotatable bonds is 8. The van der Waals surface area contributed by atoms with Crippen molar-refractivity contribution in [3.63, 3.8) is 0 Å². The van der Waals surface area contributed by atoms with Crippen molar-refractivity contribution in [3.05, 3.63) is 47.7 Å². The molecule has 2 aliphatic rings. The molecule has 2 aliphatic heterocycles. The van der Waals surface area contributed by atoms with Crippen molar-refractivity contribution in [1.82, 2.24) is 9.88 Å². The number of Topliss-reactive ketones (excluding diaryl/α,β-unsaturated/α-hetero) is 1. The monoisotopic (exact) mass is 486 g/mol. The maximum atomic E-state index is 12.8. The van der Waals surface area contributed by atoms with Crippen molar-refractivity contribution in [2.45, 2.75) is 37.5 Å². The van der Waals surface area contributed by atoms with E-state index in [2.05, 4.69) is 14.6 Å². The summed E-state index contributed by atoms with van der Waals surface area (Å²) in [6.45, 7) is 6.12. The third-order valence-electron chi connectivity index (χ3n) is 6.45. The van der Waals surface area contributed by atoms with Gasteiger partial charge in [-0.25, -0.2) is 18.2 Å². The predicted octanol–water partition coefficient (Wildman–Crippen LogP) is 3.10. The smallest absolute Gasteiger partial charge is 0.339 e. The molecule has 4 rings (SSSR count). The Hall–Kier alpha value is -2.98. The Kier molecular flexibility index (Phi) is 7.18. The third kappa shape index (κ3) is 5.56.